The van der Waals surface area contributed by atoms with Crippen LogP contribution in [0.1, 0.15) is 18.4 Å². The molecule has 4 rings (SSSR count). The Bertz CT molecular complexity index is 740. The van der Waals surface area contributed by atoms with Crippen LogP contribution in [-0.4, -0.2) is 72.8 Å². The first-order chi connectivity index (χ1) is 11.2. The summed E-state index contributed by atoms with van der Waals surface area (Å²) in [5.74, 6) is 0.712. The van der Waals surface area contributed by atoms with Crippen LogP contribution in [0.3, 0.4) is 0 Å². The molecule has 0 aromatic carbocycles. The van der Waals surface area contributed by atoms with E-state index in [2.05, 4.69) is 24.1 Å². The van der Waals surface area contributed by atoms with Crippen molar-refractivity contribution in [2.24, 2.45) is 18.9 Å². The molecule has 3 aliphatic rings. The van der Waals surface area contributed by atoms with E-state index in [-0.39, 0.29) is 5.60 Å². The molecule has 0 unspecified atom stereocenters. The fourth-order valence-electron chi connectivity index (χ4n) is 5.03. The molecule has 1 aromatic heterocycles. The molecular weight excluding hydrogens is 328 g/mol. The maximum Gasteiger partial charge on any atom is 0.260 e. The van der Waals surface area contributed by atoms with Gasteiger partial charge in [0.2, 0.25) is 0 Å². The van der Waals surface area contributed by atoms with E-state index in [0.717, 1.165) is 19.4 Å². The molecule has 7 nitrogen and oxygen atoms in total. The van der Waals surface area contributed by atoms with Gasteiger partial charge in [0.1, 0.15) is 0 Å². The average Bonchev–Trinajstić information content (AvgIpc) is 3.20. The Labute approximate surface area is 143 Å². The lowest BCUT2D eigenvalue weighted by Gasteiger charge is -2.31. The molecule has 0 aliphatic carbocycles. The third-order valence-electron chi connectivity index (χ3n) is 5.97. The van der Waals surface area contributed by atoms with Crippen molar-refractivity contribution in [3.05, 3.63) is 11.8 Å². The van der Waals surface area contributed by atoms with Gasteiger partial charge in [0.25, 0.3) is 10.0 Å². The number of aryl methyl sites for hydroxylation is 2. The summed E-state index contributed by atoms with van der Waals surface area (Å²) >= 11 is 0. The Morgan fingerprint density at radius 2 is 2.21 bits per heavy atom. The van der Waals surface area contributed by atoms with Crippen molar-refractivity contribution in [1.29, 1.82) is 0 Å². The zero-order valence-corrected chi connectivity index (χ0v) is 15.6. The molecule has 2 bridgehead atoms. The van der Waals surface area contributed by atoms with Gasteiger partial charge in [-0.05, 0) is 33.9 Å². The summed E-state index contributed by atoms with van der Waals surface area (Å²) in [6, 6.07) is 0. The molecule has 1 spiro atoms. The minimum absolute atomic E-state index is 0.273. The molecule has 0 N–H and O–H groups in total. The highest BCUT2D eigenvalue weighted by Crippen LogP contribution is 2.55. The largest absolute Gasteiger partial charge is 0.370 e. The number of fused-ring (bicyclic) bond motifs is 1. The van der Waals surface area contributed by atoms with Crippen LogP contribution in [0.25, 0.3) is 0 Å². The van der Waals surface area contributed by atoms with Gasteiger partial charge in [-0.2, -0.15) is 9.40 Å². The summed E-state index contributed by atoms with van der Waals surface area (Å²) in [5.41, 5.74) is 0.423. The lowest BCUT2D eigenvalue weighted by atomic mass is 9.73. The zero-order valence-electron chi connectivity index (χ0n) is 14.8. The minimum Gasteiger partial charge on any atom is -0.370 e. The van der Waals surface area contributed by atoms with Crippen LogP contribution in [0.15, 0.2) is 11.2 Å². The molecule has 1 aromatic rings. The summed E-state index contributed by atoms with van der Waals surface area (Å²) in [7, 11) is 2.29. The number of hydrogen-bond donors (Lipinski definition) is 0. The number of sulfonamides is 1. The van der Waals surface area contributed by atoms with Crippen molar-refractivity contribution in [3.8, 4) is 0 Å². The smallest absolute Gasteiger partial charge is 0.260 e. The van der Waals surface area contributed by atoms with Gasteiger partial charge in [0.05, 0.1) is 17.9 Å². The van der Waals surface area contributed by atoms with Crippen LogP contribution in [0.5, 0.6) is 0 Å². The second kappa shape index (κ2) is 5.27. The second-order valence-corrected chi connectivity index (χ2v) is 9.70. The molecule has 3 fully saturated rings. The second-order valence-electron chi connectivity index (χ2n) is 7.85. The summed E-state index contributed by atoms with van der Waals surface area (Å²) < 4.78 is 35.8. The van der Waals surface area contributed by atoms with Gasteiger partial charge in [-0.25, -0.2) is 8.42 Å². The van der Waals surface area contributed by atoms with Crippen LogP contribution in [-0.2, 0) is 21.8 Å². The van der Waals surface area contributed by atoms with Crippen molar-refractivity contribution < 1.29 is 13.2 Å². The number of hydrogen-bond acceptors (Lipinski definition) is 5. The fraction of sp³-hybridized carbons (Fsp3) is 0.812. The molecule has 8 heteroatoms. The standard InChI is InChI=1S/C16H26N4O3S/c1-11-7-17-19(4)15(11)24(21,22)20-9-13-12(8-18(2)3)14-5-6-16(13,10-20)23-14/h7,12-14H,5-6,8-10H2,1-4H3/t12-,13+,14+,16+/m1/s1. The van der Waals surface area contributed by atoms with Crippen molar-refractivity contribution >= 4 is 10.0 Å². The van der Waals surface area contributed by atoms with E-state index < -0.39 is 10.0 Å². The molecule has 4 atom stereocenters. The first-order valence-electron chi connectivity index (χ1n) is 8.56. The van der Waals surface area contributed by atoms with Gasteiger partial charge in [0, 0.05) is 44.1 Å². The Hall–Kier alpha value is -0.960. The van der Waals surface area contributed by atoms with Gasteiger partial charge < -0.3 is 9.64 Å². The fourth-order valence-corrected chi connectivity index (χ4v) is 6.86. The molecule has 3 aliphatic heterocycles. The molecule has 3 saturated heterocycles. The van der Waals surface area contributed by atoms with Gasteiger partial charge in [-0.3, -0.25) is 4.68 Å². The lowest BCUT2D eigenvalue weighted by molar-refractivity contribution is 0.00736. The Balaban J connectivity index is 1.65. The first-order valence-corrected chi connectivity index (χ1v) is 10.00. The highest BCUT2D eigenvalue weighted by Gasteiger charge is 2.64. The molecule has 134 valence electrons. The van der Waals surface area contributed by atoms with Gasteiger partial charge in [-0.1, -0.05) is 0 Å². The van der Waals surface area contributed by atoms with E-state index in [1.165, 1.54) is 4.68 Å². The maximum absolute atomic E-state index is 13.2. The predicted molar refractivity (Wildman–Crippen MR) is 89.1 cm³/mol. The highest BCUT2D eigenvalue weighted by atomic mass is 32.2. The summed E-state index contributed by atoms with van der Waals surface area (Å²) in [5, 5.41) is 4.40. The molecule has 0 amide bonds. The topological polar surface area (TPSA) is 67.7 Å². The normalized spacial score (nSPS) is 36.0. The van der Waals surface area contributed by atoms with Crippen LogP contribution < -0.4 is 0 Å². The van der Waals surface area contributed by atoms with Crippen LogP contribution >= 0.6 is 0 Å². The van der Waals surface area contributed by atoms with Gasteiger partial charge >= 0.3 is 0 Å². The Morgan fingerprint density at radius 3 is 2.83 bits per heavy atom. The van der Waals surface area contributed by atoms with Crippen molar-refractivity contribution in [2.75, 3.05) is 33.7 Å². The summed E-state index contributed by atoms with van der Waals surface area (Å²) in [6.07, 6.45) is 3.93. The molecule has 4 heterocycles. The number of nitrogens with zero attached hydrogens (tertiary/aromatic N) is 4. The SMILES string of the molecule is Cc1cnn(C)c1S(=O)(=O)N1C[C@H]2[C@@H](CN(C)C)[C@@H]3CC[C@@]2(C1)O3. The van der Waals surface area contributed by atoms with Gasteiger partial charge in [-0.15, -0.1) is 0 Å². The molecule has 24 heavy (non-hydrogen) atoms. The number of rotatable bonds is 4. The third-order valence-corrected chi connectivity index (χ3v) is 8.00. The monoisotopic (exact) mass is 354 g/mol. The van der Waals surface area contributed by atoms with E-state index in [4.69, 9.17) is 4.74 Å². The van der Waals surface area contributed by atoms with Crippen LogP contribution in [0.4, 0.5) is 0 Å². The summed E-state index contributed by atoms with van der Waals surface area (Å²) in [4.78, 5) is 2.19. The summed E-state index contributed by atoms with van der Waals surface area (Å²) in [6.45, 7) is 3.79. The van der Waals surface area contributed by atoms with Crippen LogP contribution in [0, 0.1) is 18.8 Å². The minimum atomic E-state index is -3.54. The average molecular weight is 354 g/mol. The van der Waals surface area contributed by atoms with E-state index in [1.54, 1.807) is 24.5 Å². The van der Waals surface area contributed by atoms with Crippen molar-refractivity contribution in [2.45, 2.75) is 36.5 Å². The Morgan fingerprint density at radius 1 is 1.46 bits per heavy atom. The highest BCUT2D eigenvalue weighted by molar-refractivity contribution is 7.89. The van der Waals surface area contributed by atoms with Crippen molar-refractivity contribution in [3.63, 3.8) is 0 Å². The predicted octanol–water partition coefficient (Wildman–Crippen LogP) is 0.458. The zero-order chi connectivity index (χ0) is 17.3. The Kier molecular flexibility index (Phi) is 3.62. The molecule has 0 radical (unpaired) electrons. The number of ether oxygens (including phenoxy) is 1. The van der Waals surface area contributed by atoms with E-state index in [9.17, 15) is 8.42 Å². The van der Waals surface area contributed by atoms with Crippen molar-refractivity contribution in [1.82, 2.24) is 19.0 Å². The van der Waals surface area contributed by atoms with E-state index in [1.807, 2.05) is 0 Å². The maximum atomic E-state index is 13.2. The quantitative estimate of drug-likeness (QED) is 0.786. The number of aromatic nitrogens is 2. The van der Waals surface area contributed by atoms with Crippen LogP contribution in [0.2, 0.25) is 0 Å². The first kappa shape index (κ1) is 16.5. The molecular formula is C16H26N4O3S. The molecule has 0 saturated carbocycles. The van der Waals surface area contributed by atoms with E-state index in [0.29, 0.717) is 41.6 Å². The third kappa shape index (κ3) is 2.20. The van der Waals surface area contributed by atoms with E-state index >= 15 is 0 Å². The lowest BCUT2D eigenvalue weighted by Crippen LogP contribution is -2.40. The van der Waals surface area contributed by atoms with Gasteiger partial charge in [0.15, 0.2) is 5.03 Å².